The standard InChI is InChI=1S/C9H19NO2.C6H5NO2/c1-2-3-4-5-6-7-8-10-9(11)12;8-7(9)6-4-2-1-3-5-6/h10H,2-8H2,1H3,(H,11,12);1-5H. The third-order valence-electron chi connectivity index (χ3n) is 2.77. The van der Waals surface area contributed by atoms with Gasteiger partial charge in [0.1, 0.15) is 0 Å². The van der Waals surface area contributed by atoms with E-state index in [9.17, 15) is 14.9 Å². The van der Waals surface area contributed by atoms with E-state index in [2.05, 4.69) is 12.2 Å². The van der Waals surface area contributed by atoms with E-state index in [1.807, 2.05) is 0 Å². The largest absolute Gasteiger partial charge is 0.465 e. The quantitative estimate of drug-likeness (QED) is 0.427. The number of nitro groups is 1. The maximum Gasteiger partial charge on any atom is 0.404 e. The van der Waals surface area contributed by atoms with Crippen molar-refractivity contribution in [1.29, 1.82) is 0 Å². The maximum absolute atomic E-state index is 10.0. The van der Waals surface area contributed by atoms with Crippen LogP contribution in [0, 0.1) is 10.1 Å². The number of unbranched alkanes of at least 4 members (excludes halogenated alkanes) is 5. The smallest absolute Gasteiger partial charge is 0.404 e. The number of nitro benzene ring substituents is 1. The van der Waals surface area contributed by atoms with Gasteiger partial charge in [0.15, 0.2) is 0 Å². The second-order valence-electron chi connectivity index (χ2n) is 4.59. The van der Waals surface area contributed by atoms with Crippen molar-refractivity contribution < 1.29 is 14.8 Å². The average Bonchev–Trinajstić information content (AvgIpc) is 2.47. The normalized spacial score (nSPS) is 9.38. The maximum atomic E-state index is 10.0. The van der Waals surface area contributed by atoms with Gasteiger partial charge in [-0.1, -0.05) is 57.2 Å². The molecule has 1 aromatic carbocycles. The summed E-state index contributed by atoms with van der Waals surface area (Å²) in [4.78, 5) is 19.6. The van der Waals surface area contributed by atoms with Gasteiger partial charge in [0.2, 0.25) is 0 Å². The fraction of sp³-hybridized carbons (Fsp3) is 0.533. The minimum atomic E-state index is -0.913. The van der Waals surface area contributed by atoms with Crippen LogP contribution in [0.2, 0.25) is 0 Å². The van der Waals surface area contributed by atoms with Gasteiger partial charge in [0, 0.05) is 18.7 Å². The molecule has 0 aliphatic carbocycles. The monoisotopic (exact) mass is 296 g/mol. The first kappa shape index (κ1) is 18.9. The van der Waals surface area contributed by atoms with Gasteiger partial charge in [0.05, 0.1) is 4.92 Å². The highest BCUT2D eigenvalue weighted by Gasteiger charge is 1.98. The zero-order chi connectivity index (χ0) is 15.9. The number of carbonyl (C=O) groups is 1. The van der Waals surface area contributed by atoms with Crippen molar-refractivity contribution in [3.05, 3.63) is 40.4 Å². The average molecular weight is 296 g/mol. The highest BCUT2D eigenvalue weighted by Crippen LogP contribution is 2.06. The summed E-state index contributed by atoms with van der Waals surface area (Å²) < 4.78 is 0. The summed E-state index contributed by atoms with van der Waals surface area (Å²) in [5, 5.41) is 20.6. The van der Waals surface area contributed by atoms with Crippen LogP contribution < -0.4 is 5.32 Å². The molecule has 0 bridgehead atoms. The molecule has 0 fully saturated rings. The van der Waals surface area contributed by atoms with Gasteiger partial charge in [0.25, 0.3) is 5.69 Å². The number of para-hydroxylation sites is 1. The van der Waals surface area contributed by atoms with Crippen molar-refractivity contribution in [3.8, 4) is 0 Å². The van der Waals surface area contributed by atoms with Gasteiger partial charge in [-0.15, -0.1) is 0 Å². The van der Waals surface area contributed by atoms with Crippen LogP contribution in [0.15, 0.2) is 30.3 Å². The highest BCUT2D eigenvalue weighted by atomic mass is 16.6. The Labute approximate surface area is 125 Å². The number of hydrogen-bond donors (Lipinski definition) is 2. The molecule has 0 atom stereocenters. The van der Waals surface area contributed by atoms with Crippen LogP contribution in [0.5, 0.6) is 0 Å². The lowest BCUT2D eigenvalue weighted by Crippen LogP contribution is -2.21. The van der Waals surface area contributed by atoms with Crippen LogP contribution in [0.4, 0.5) is 10.5 Å². The summed E-state index contributed by atoms with van der Waals surface area (Å²) in [5.74, 6) is 0. The summed E-state index contributed by atoms with van der Waals surface area (Å²) in [5.41, 5.74) is 0.137. The molecule has 1 aromatic rings. The Kier molecular flexibility index (Phi) is 11.6. The van der Waals surface area contributed by atoms with Crippen molar-refractivity contribution in [1.82, 2.24) is 5.32 Å². The predicted molar refractivity (Wildman–Crippen MR) is 82.5 cm³/mol. The summed E-state index contributed by atoms with van der Waals surface area (Å²) in [6.07, 6.45) is 6.26. The molecule has 0 heterocycles. The summed E-state index contributed by atoms with van der Waals surface area (Å²) >= 11 is 0. The molecule has 6 nitrogen and oxygen atoms in total. The molecule has 0 unspecified atom stereocenters. The van der Waals surface area contributed by atoms with E-state index in [4.69, 9.17) is 5.11 Å². The number of hydrogen-bond acceptors (Lipinski definition) is 3. The topological polar surface area (TPSA) is 92.5 Å². The summed E-state index contributed by atoms with van der Waals surface area (Å²) in [6, 6.07) is 7.93. The van der Waals surface area contributed by atoms with Crippen molar-refractivity contribution in [2.24, 2.45) is 0 Å². The van der Waals surface area contributed by atoms with Crippen molar-refractivity contribution >= 4 is 11.8 Å². The molecule has 1 rings (SSSR count). The molecule has 0 saturated carbocycles. The Morgan fingerprint density at radius 1 is 1.14 bits per heavy atom. The molecule has 21 heavy (non-hydrogen) atoms. The minimum absolute atomic E-state index is 0.137. The van der Waals surface area contributed by atoms with Crippen LogP contribution in [0.25, 0.3) is 0 Å². The van der Waals surface area contributed by atoms with Crippen LogP contribution in [0.1, 0.15) is 45.4 Å². The van der Waals surface area contributed by atoms with Crippen molar-refractivity contribution in [2.75, 3.05) is 6.54 Å². The Morgan fingerprint density at radius 2 is 1.71 bits per heavy atom. The number of amides is 1. The molecular formula is C15H24N2O4. The number of nitrogens with zero attached hydrogens (tertiary/aromatic N) is 1. The molecule has 0 aliphatic heterocycles. The second-order valence-corrected chi connectivity index (χ2v) is 4.59. The molecular weight excluding hydrogens is 272 g/mol. The fourth-order valence-corrected chi connectivity index (χ4v) is 1.65. The first-order valence-electron chi connectivity index (χ1n) is 7.24. The van der Waals surface area contributed by atoms with Gasteiger partial charge in [-0.3, -0.25) is 10.1 Å². The molecule has 6 heteroatoms. The number of benzene rings is 1. The zero-order valence-electron chi connectivity index (χ0n) is 12.5. The molecule has 0 radical (unpaired) electrons. The first-order valence-corrected chi connectivity index (χ1v) is 7.24. The Balaban J connectivity index is 0.000000394. The molecule has 118 valence electrons. The summed E-state index contributed by atoms with van der Waals surface area (Å²) in [7, 11) is 0. The summed E-state index contributed by atoms with van der Waals surface area (Å²) in [6.45, 7) is 2.79. The third kappa shape index (κ3) is 12.7. The van der Waals surface area contributed by atoms with E-state index >= 15 is 0 Å². The molecule has 2 N–H and O–H groups in total. The van der Waals surface area contributed by atoms with Gasteiger partial charge in [-0.2, -0.15) is 0 Å². The van der Waals surface area contributed by atoms with E-state index in [1.165, 1.54) is 37.8 Å². The lowest BCUT2D eigenvalue weighted by atomic mass is 10.1. The second kappa shape index (κ2) is 12.9. The predicted octanol–water partition coefficient (Wildman–Crippen LogP) is 4.21. The van der Waals surface area contributed by atoms with E-state index in [0.29, 0.717) is 6.54 Å². The van der Waals surface area contributed by atoms with Crippen LogP contribution >= 0.6 is 0 Å². The van der Waals surface area contributed by atoms with Gasteiger partial charge >= 0.3 is 6.09 Å². The van der Waals surface area contributed by atoms with E-state index < -0.39 is 11.0 Å². The van der Waals surface area contributed by atoms with E-state index in [1.54, 1.807) is 18.2 Å². The van der Waals surface area contributed by atoms with E-state index in [0.717, 1.165) is 12.8 Å². The van der Waals surface area contributed by atoms with Crippen molar-refractivity contribution in [3.63, 3.8) is 0 Å². The molecule has 1 amide bonds. The van der Waals surface area contributed by atoms with Crippen molar-refractivity contribution in [2.45, 2.75) is 45.4 Å². The third-order valence-corrected chi connectivity index (χ3v) is 2.77. The van der Waals surface area contributed by atoms with Crippen LogP contribution in [-0.2, 0) is 0 Å². The molecule has 0 saturated heterocycles. The fourth-order valence-electron chi connectivity index (χ4n) is 1.65. The Hall–Kier alpha value is -2.11. The van der Waals surface area contributed by atoms with Gasteiger partial charge in [-0.25, -0.2) is 4.79 Å². The molecule has 0 spiro atoms. The number of rotatable bonds is 8. The Morgan fingerprint density at radius 3 is 2.19 bits per heavy atom. The molecule has 0 aliphatic rings. The van der Waals surface area contributed by atoms with E-state index in [-0.39, 0.29) is 5.69 Å². The van der Waals surface area contributed by atoms with Crippen LogP contribution in [-0.4, -0.2) is 22.7 Å². The van der Waals surface area contributed by atoms with Gasteiger partial charge in [-0.05, 0) is 6.42 Å². The SMILES string of the molecule is CCCCCCCCNC(=O)O.O=[N+]([O-])c1ccccc1. The Bertz CT molecular complexity index is 396. The highest BCUT2D eigenvalue weighted by molar-refractivity contribution is 5.64. The number of nitrogens with one attached hydrogen (secondary N) is 1. The zero-order valence-corrected chi connectivity index (χ0v) is 12.5. The number of carboxylic acid groups (broad SMARTS) is 1. The van der Waals surface area contributed by atoms with Crippen LogP contribution in [0.3, 0.4) is 0 Å². The minimum Gasteiger partial charge on any atom is -0.465 e. The number of non-ortho nitro benzene ring substituents is 1. The lowest BCUT2D eigenvalue weighted by molar-refractivity contribution is -0.384. The van der Waals surface area contributed by atoms with Gasteiger partial charge < -0.3 is 10.4 Å². The molecule has 0 aromatic heterocycles. The first-order chi connectivity index (χ1) is 10.1. The lowest BCUT2D eigenvalue weighted by Gasteiger charge is -2.00.